The predicted octanol–water partition coefficient (Wildman–Crippen LogP) is 1.46. The third-order valence-corrected chi connectivity index (χ3v) is 2.96. The molecule has 0 atom stereocenters. The molecule has 0 saturated carbocycles. The van der Waals surface area contributed by atoms with Crippen LogP contribution in [0.2, 0.25) is 5.02 Å². The van der Waals surface area contributed by atoms with Crippen LogP contribution in [0.3, 0.4) is 0 Å². The topological polar surface area (TPSA) is 94.3 Å². The molecule has 0 fully saturated rings. The Morgan fingerprint density at radius 1 is 1.40 bits per heavy atom. The van der Waals surface area contributed by atoms with Crippen molar-refractivity contribution < 1.29 is 19.4 Å². The van der Waals surface area contributed by atoms with Gasteiger partial charge in [0.1, 0.15) is 0 Å². The van der Waals surface area contributed by atoms with Gasteiger partial charge in [-0.1, -0.05) is 35.0 Å². The highest BCUT2D eigenvalue weighted by Crippen LogP contribution is 2.17. The van der Waals surface area contributed by atoms with Crippen LogP contribution < -0.4 is 0 Å². The summed E-state index contributed by atoms with van der Waals surface area (Å²) in [6.07, 6.45) is 0. The molecule has 8 heteroatoms. The van der Waals surface area contributed by atoms with Gasteiger partial charge >= 0.3 is 11.9 Å². The second kappa shape index (κ2) is 5.70. The fraction of sp³-hybridized carbons (Fsp3) is 0.167. The Bertz CT molecular complexity index is 668. The summed E-state index contributed by atoms with van der Waals surface area (Å²) in [6, 6.07) is 6.92. The van der Waals surface area contributed by atoms with Crippen molar-refractivity contribution in [3.63, 3.8) is 0 Å². The van der Waals surface area contributed by atoms with E-state index in [1.54, 1.807) is 24.3 Å². The first kappa shape index (κ1) is 14.0. The zero-order valence-electron chi connectivity index (χ0n) is 10.4. The van der Waals surface area contributed by atoms with Gasteiger partial charge in [0.15, 0.2) is 5.69 Å². The van der Waals surface area contributed by atoms with Crippen LogP contribution in [0.4, 0.5) is 0 Å². The van der Waals surface area contributed by atoms with E-state index in [1.807, 2.05) is 0 Å². The van der Waals surface area contributed by atoms with E-state index in [9.17, 15) is 14.7 Å². The summed E-state index contributed by atoms with van der Waals surface area (Å²) in [5.41, 5.74) is -0.0122. The summed E-state index contributed by atoms with van der Waals surface area (Å²) in [6.45, 7) is 0.0886. The molecule has 0 unspecified atom stereocenters. The molecular weight excluding hydrogens is 286 g/mol. The number of methoxy groups -OCH3 is 1. The molecule has 0 radical (unpaired) electrons. The average Bonchev–Trinajstić information content (AvgIpc) is 2.84. The van der Waals surface area contributed by atoms with Crippen molar-refractivity contribution in [2.24, 2.45) is 0 Å². The normalized spacial score (nSPS) is 10.3. The monoisotopic (exact) mass is 295 g/mol. The highest BCUT2D eigenvalue weighted by atomic mass is 35.5. The maximum absolute atomic E-state index is 11.4. The predicted molar refractivity (Wildman–Crippen MR) is 68.9 cm³/mol. The van der Waals surface area contributed by atoms with Gasteiger partial charge in [-0.2, -0.15) is 0 Å². The summed E-state index contributed by atoms with van der Waals surface area (Å²) in [7, 11) is 1.14. The van der Waals surface area contributed by atoms with E-state index >= 15 is 0 Å². The molecule has 2 aromatic rings. The lowest BCUT2D eigenvalue weighted by Gasteiger charge is -2.05. The number of hydrogen-bond acceptors (Lipinski definition) is 5. The molecule has 7 nitrogen and oxygen atoms in total. The number of carbonyl (C=O) groups excluding carboxylic acids is 1. The van der Waals surface area contributed by atoms with Crippen molar-refractivity contribution in [1.82, 2.24) is 15.0 Å². The third-order valence-electron chi connectivity index (χ3n) is 2.59. The number of benzene rings is 1. The molecular formula is C12H10ClN3O4. The molecule has 0 aliphatic heterocycles. The van der Waals surface area contributed by atoms with Crippen LogP contribution in [0.5, 0.6) is 0 Å². The number of carboxylic acids is 1. The zero-order valence-corrected chi connectivity index (χ0v) is 11.2. The van der Waals surface area contributed by atoms with Crippen LogP contribution in [0.15, 0.2) is 24.3 Å². The largest absolute Gasteiger partial charge is 0.476 e. The van der Waals surface area contributed by atoms with E-state index in [1.165, 1.54) is 0 Å². The van der Waals surface area contributed by atoms with Gasteiger partial charge in [-0.05, 0) is 11.6 Å². The molecule has 20 heavy (non-hydrogen) atoms. The Morgan fingerprint density at radius 3 is 2.70 bits per heavy atom. The second-order valence-electron chi connectivity index (χ2n) is 3.83. The third kappa shape index (κ3) is 2.62. The van der Waals surface area contributed by atoms with Gasteiger partial charge in [0, 0.05) is 5.02 Å². The van der Waals surface area contributed by atoms with Crippen molar-refractivity contribution in [2.75, 3.05) is 7.11 Å². The van der Waals surface area contributed by atoms with Crippen molar-refractivity contribution >= 4 is 23.5 Å². The summed E-state index contributed by atoms with van der Waals surface area (Å²) in [4.78, 5) is 22.7. The van der Waals surface area contributed by atoms with E-state index in [2.05, 4.69) is 15.0 Å². The van der Waals surface area contributed by atoms with E-state index in [4.69, 9.17) is 11.6 Å². The quantitative estimate of drug-likeness (QED) is 0.858. The van der Waals surface area contributed by atoms with Crippen LogP contribution in [0.25, 0.3) is 0 Å². The Balaban J connectivity index is 2.43. The highest BCUT2D eigenvalue weighted by Gasteiger charge is 2.26. The number of rotatable bonds is 4. The Kier molecular flexibility index (Phi) is 3.99. The van der Waals surface area contributed by atoms with Gasteiger partial charge in [0.2, 0.25) is 5.69 Å². The first-order valence-electron chi connectivity index (χ1n) is 5.53. The van der Waals surface area contributed by atoms with Gasteiger partial charge in [-0.15, -0.1) is 5.10 Å². The SMILES string of the molecule is COC(=O)c1nnn(Cc2ccccc2Cl)c1C(=O)O. The van der Waals surface area contributed by atoms with E-state index in [0.717, 1.165) is 11.8 Å². The van der Waals surface area contributed by atoms with Gasteiger partial charge in [0.25, 0.3) is 0 Å². The van der Waals surface area contributed by atoms with E-state index in [0.29, 0.717) is 10.6 Å². The van der Waals surface area contributed by atoms with Crippen molar-refractivity contribution in [2.45, 2.75) is 6.54 Å². The van der Waals surface area contributed by atoms with Crippen molar-refractivity contribution in [1.29, 1.82) is 0 Å². The van der Waals surface area contributed by atoms with Crippen LogP contribution >= 0.6 is 11.6 Å². The lowest BCUT2D eigenvalue weighted by molar-refractivity contribution is 0.0574. The summed E-state index contributed by atoms with van der Waals surface area (Å²) in [5, 5.41) is 16.9. The summed E-state index contributed by atoms with van der Waals surface area (Å²) in [5.74, 6) is -2.17. The fourth-order valence-electron chi connectivity index (χ4n) is 1.66. The molecule has 1 aromatic heterocycles. The molecule has 1 aromatic carbocycles. The molecule has 0 aliphatic rings. The zero-order chi connectivity index (χ0) is 14.7. The maximum atomic E-state index is 11.4. The van der Waals surface area contributed by atoms with Gasteiger partial charge < -0.3 is 9.84 Å². The minimum atomic E-state index is -1.32. The van der Waals surface area contributed by atoms with Crippen molar-refractivity contribution in [3.8, 4) is 0 Å². The highest BCUT2D eigenvalue weighted by molar-refractivity contribution is 6.31. The maximum Gasteiger partial charge on any atom is 0.361 e. The van der Waals surface area contributed by atoms with Crippen molar-refractivity contribution in [3.05, 3.63) is 46.2 Å². The van der Waals surface area contributed by atoms with Gasteiger partial charge in [-0.25, -0.2) is 14.3 Å². The number of aromatic nitrogens is 3. The second-order valence-corrected chi connectivity index (χ2v) is 4.24. The molecule has 0 aliphatic carbocycles. The first-order valence-corrected chi connectivity index (χ1v) is 5.91. The average molecular weight is 296 g/mol. The van der Waals surface area contributed by atoms with Gasteiger partial charge in [0.05, 0.1) is 13.7 Å². The lowest BCUT2D eigenvalue weighted by atomic mass is 10.2. The molecule has 0 saturated heterocycles. The number of ether oxygens (including phenoxy) is 1. The van der Waals surface area contributed by atoms with Crippen LogP contribution in [-0.4, -0.2) is 39.1 Å². The van der Waals surface area contributed by atoms with E-state index < -0.39 is 11.9 Å². The fourth-order valence-corrected chi connectivity index (χ4v) is 1.85. The molecule has 0 bridgehead atoms. The van der Waals surface area contributed by atoms with Gasteiger partial charge in [-0.3, -0.25) is 0 Å². The number of esters is 1. The molecule has 104 valence electrons. The smallest absolute Gasteiger partial charge is 0.361 e. The minimum absolute atomic E-state index is 0.0886. The molecule has 2 rings (SSSR count). The summed E-state index contributed by atoms with van der Waals surface area (Å²) < 4.78 is 5.56. The number of halogens is 1. The van der Waals surface area contributed by atoms with Crippen LogP contribution in [-0.2, 0) is 11.3 Å². The molecule has 1 N–H and O–H groups in total. The molecule has 0 amide bonds. The first-order chi connectivity index (χ1) is 9.54. The number of hydrogen-bond donors (Lipinski definition) is 1. The number of carboxylic acid groups (broad SMARTS) is 1. The Hall–Kier alpha value is -2.41. The summed E-state index contributed by atoms with van der Waals surface area (Å²) >= 11 is 6.00. The minimum Gasteiger partial charge on any atom is -0.476 e. The standard InChI is InChI=1S/C12H10ClN3O4/c1-20-12(19)9-10(11(17)18)16(15-14-9)6-7-4-2-3-5-8(7)13/h2-5H,6H2,1H3,(H,17,18). The van der Waals surface area contributed by atoms with Crippen LogP contribution in [0, 0.1) is 0 Å². The number of nitrogens with zero attached hydrogens (tertiary/aromatic N) is 3. The lowest BCUT2D eigenvalue weighted by Crippen LogP contribution is -2.15. The Morgan fingerprint density at radius 2 is 2.10 bits per heavy atom. The Labute approximate surface area is 118 Å². The number of carbonyl (C=O) groups is 2. The van der Waals surface area contributed by atoms with Crippen LogP contribution in [0.1, 0.15) is 26.5 Å². The molecule has 1 heterocycles. The number of aromatic carboxylic acids is 1. The molecule has 0 spiro atoms. The van der Waals surface area contributed by atoms with E-state index in [-0.39, 0.29) is 17.9 Å².